The van der Waals surface area contributed by atoms with Crippen molar-refractivity contribution in [3.8, 4) is 11.5 Å². The lowest BCUT2D eigenvalue weighted by molar-refractivity contribution is -0.138. The zero-order valence-corrected chi connectivity index (χ0v) is 19.8. The molecule has 6 heteroatoms. The molecule has 1 heterocycles. The monoisotopic (exact) mass is 458 g/mol. The highest BCUT2D eigenvalue weighted by Gasteiger charge is 2.29. The Hall–Kier alpha value is -3.80. The van der Waals surface area contributed by atoms with Crippen LogP contribution in [0.3, 0.4) is 0 Å². The Labute approximate surface area is 200 Å². The number of carbonyl (C=O) groups is 2. The summed E-state index contributed by atoms with van der Waals surface area (Å²) in [6.07, 6.45) is 0.0849. The lowest BCUT2D eigenvalue weighted by Crippen LogP contribution is -2.37. The maximum absolute atomic E-state index is 13.1. The third kappa shape index (κ3) is 5.06. The highest BCUT2D eigenvalue weighted by Crippen LogP contribution is 2.31. The first kappa shape index (κ1) is 23.4. The molecule has 0 bridgehead atoms. The van der Waals surface area contributed by atoms with Gasteiger partial charge in [-0.1, -0.05) is 55.5 Å². The number of fused-ring (bicyclic) bond motifs is 1. The Kier molecular flexibility index (Phi) is 7.16. The van der Waals surface area contributed by atoms with Crippen LogP contribution < -0.4 is 14.8 Å². The van der Waals surface area contributed by atoms with E-state index >= 15 is 0 Å². The third-order valence-corrected chi connectivity index (χ3v) is 6.13. The van der Waals surface area contributed by atoms with Gasteiger partial charge in [-0.25, -0.2) is 0 Å². The molecule has 3 aromatic carbocycles. The largest absolute Gasteiger partial charge is 0.496 e. The third-order valence-electron chi connectivity index (χ3n) is 6.13. The van der Waals surface area contributed by atoms with Crippen molar-refractivity contribution in [2.45, 2.75) is 45.4 Å². The maximum Gasteiger partial charge on any atom is 0.263 e. The topological polar surface area (TPSA) is 67.9 Å². The van der Waals surface area contributed by atoms with Gasteiger partial charge in [0.25, 0.3) is 5.91 Å². The van der Waals surface area contributed by atoms with Gasteiger partial charge in [-0.2, -0.15) is 0 Å². The normalized spacial score (nSPS) is 16.1. The first-order valence-corrected chi connectivity index (χ1v) is 11.6. The lowest BCUT2D eigenvalue weighted by Gasteiger charge is -2.23. The molecule has 1 aliphatic heterocycles. The second-order valence-electron chi connectivity index (χ2n) is 8.45. The number of ether oxygens (including phenoxy) is 2. The van der Waals surface area contributed by atoms with E-state index in [1.165, 1.54) is 0 Å². The molecule has 2 unspecified atom stereocenters. The van der Waals surface area contributed by atoms with Crippen molar-refractivity contribution in [1.82, 2.24) is 4.90 Å². The van der Waals surface area contributed by atoms with E-state index in [1.807, 2.05) is 79.7 Å². The number of amides is 2. The van der Waals surface area contributed by atoms with Crippen LogP contribution in [0.5, 0.6) is 11.5 Å². The van der Waals surface area contributed by atoms with Gasteiger partial charge in [0.2, 0.25) is 5.91 Å². The van der Waals surface area contributed by atoms with E-state index in [4.69, 9.17) is 9.47 Å². The minimum Gasteiger partial charge on any atom is -0.496 e. The summed E-state index contributed by atoms with van der Waals surface area (Å²) in [7, 11) is 1.62. The minimum atomic E-state index is -0.612. The Morgan fingerprint density at radius 3 is 2.59 bits per heavy atom. The van der Waals surface area contributed by atoms with Crippen LogP contribution in [0.15, 0.2) is 72.8 Å². The van der Waals surface area contributed by atoms with Gasteiger partial charge in [-0.3, -0.25) is 9.59 Å². The fourth-order valence-electron chi connectivity index (χ4n) is 4.34. The van der Waals surface area contributed by atoms with Gasteiger partial charge in [0.15, 0.2) is 6.10 Å². The first-order chi connectivity index (χ1) is 16.5. The highest BCUT2D eigenvalue weighted by atomic mass is 16.5. The van der Waals surface area contributed by atoms with Crippen molar-refractivity contribution >= 4 is 17.5 Å². The molecule has 0 spiro atoms. The van der Waals surface area contributed by atoms with Crippen LogP contribution >= 0.6 is 0 Å². The molecule has 1 aliphatic rings. The zero-order chi connectivity index (χ0) is 24.1. The van der Waals surface area contributed by atoms with Crippen molar-refractivity contribution in [3.63, 3.8) is 0 Å². The van der Waals surface area contributed by atoms with Crippen molar-refractivity contribution in [2.75, 3.05) is 12.4 Å². The van der Waals surface area contributed by atoms with Crippen LogP contribution in [-0.2, 0) is 22.7 Å². The van der Waals surface area contributed by atoms with Crippen molar-refractivity contribution in [1.29, 1.82) is 0 Å². The molecule has 0 saturated heterocycles. The van der Waals surface area contributed by atoms with E-state index in [0.29, 0.717) is 30.9 Å². The van der Waals surface area contributed by atoms with Crippen LogP contribution in [0.25, 0.3) is 0 Å². The predicted octanol–water partition coefficient (Wildman–Crippen LogP) is 5.14. The fourth-order valence-corrected chi connectivity index (χ4v) is 4.34. The lowest BCUT2D eigenvalue weighted by atomic mass is 9.95. The number of nitrogens with zero attached hydrogens (tertiary/aromatic N) is 1. The van der Waals surface area contributed by atoms with Gasteiger partial charge in [-0.05, 0) is 43.2 Å². The second-order valence-corrected chi connectivity index (χ2v) is 8.45. The van der Waals surface area contributed by atoms with Gasteiger partial charge in [0, 0.05) is 29.9 Å². The summed E-state index contributed by atoms with van der Waals surface area (Å²) in [5.74, 6) is 0.999. The summed E-state index contributed by atoms with van der Waals surface area (Å²) in [5.41, 5.74) is 3.44. The van der Waals surface area contributed by atoms with Gasteiger partial charge >= 0.3 is 0 Å². The Bertz CT molecular complexity index is 1160. The molecular formula is C28H30N2O4. The molecular weight excluding hydrogens is 428 g/mol. The summed E-state index contributed by atoms with van der Waals surface area (Å²) in [5, 5.41) is 3.05. The number of anilines is 1. The van der Waals surface area contributed by atoms with Crippen molar-refractivity contribution in [2.24, 2.45) is 0 Å². The van der Waals surface area contributed by atoms with Gasteiger partial charge in [0.1, 0.15) is 11.5 Å². The Morgan fingerprint density at radius 2 is 1.85 bits per heavy atom. The number of para-hydroxylation sites is 1. The van der Waals surface area contributed by atoms with Crippen LogP contribution in [0.4, 0.5) is 5.69 Å². The average Bonchev–Trinajstić information content (AvgIpc) is 2.96. The number of rotatable bonds is 7. The van der Waals surface area contributed by atoms with E-state index in [0.717, 1.165) is 22.4 Å². The molecule has 2 atom stereocenters. The summed E-state index contributed by atoms with van der Waals surface area (Å²) in [4.78, 5) is 27.9. The molecule has 4 rings (SSSR count). The molecule has 6 nitrogen and oxygen atoms in total. The summed E-state index contributed by atoms with van der Waals surface area (Å²) in [6.45, 7) is 4.54. The SMILES string of the molecule is CCC(C(=O)Nc1ccc2c(c1)CN(Cc1ccccc1OC)C(=O)C(C)O2)c1ccccc1. The van der Waals surface area contributed by atoms with Gasteiger partial charge in [0.05, 0.1) is 13.0 Å². The van der Waals surface area contributed by atoms with Crippen LogP contribution in [-0.4, -0.2) is 29.9 Å². The van der Waals surface area contributed by atoms with Crippen molar-refractivity contribution < 1.29 is 19.1 Å². The Morgan fingerprint density at radius 1 is 1.12 bits per heavy atom. The van der Waals surface area contributed by atoms with E-state index in [1.54, 1.807) is 18.9 Å². The number of hydrogen-bond donors (Lipinski definition) is 1. The molecule has 0 radical (unpaired) electrons. The quantitative estimate of drug-likeness (QED) is 0.533. The number of methoxy groups -OCH3 is 1. The average molecular weight is 459 g/mol. The number of benzene rings is 3. The predicted molar refractivity (Wildman–Crippen MR) is 132 cm³/mol. The fraction of sp³-hybridized carbons (Fsp3) is 0.286. The molecule has 0 aliphatic carbocycles. The molecule has 34 heavy (non-hydrogen) atoms. The van der Waals surface area contributed by atoms with Crippen LogP contribution in [0.2, 0.25) is 0 Å². The smallest absolute Gasteiger partial charge is 0.263 e. The maximum atomic E-state index is 13.1. The number of hydrogen-bond acceptors (Lipinski definition) is 4. The minimum absolute atomic E-state index is 0.0569. The number of nitrogens with one attached hydrogen (secondary N) is 1. The number of carbonyl (C=O) groups excluding carboxylic acids is 2. The molecule has 176 valence electrons. The van der Waals surface area contributed by atoms with Gasteiger partial charge < -0.3 is 19.7 Å². The Balaban J connectivity index is 1.56. The molecule has 0 fully saturated rings. The molecule has 1 N–H and O–H groups in total. The summed E-state index contributed by atoms with van der Waals surface area (Å²) >= 11 is 0. The standard InChI is InChI=1S/C28H30N2O4/c1-4-24(20-10-6-5-7-11-20)27(31)29-23-14-15-26-22(16-23)18-30(28(32)19(2)34-26)17-21-12-8-9-13-25(21)33-3/h5-16,19,24H,4,17-18H2,1-3H3,(H,29,31). The first-order valence-electron chi connectivity index (χ1n) is 11.6. The van der Waals surface area contributed by atoms with E-state index < -0.39 is 6.10 Å². The summed E-state index contributed by atoms with van der Waals surface area (Å²) in [6, 6.07) is 23.0. The molecule has 0 saturated carbocycles. The van der Waals surface area contributed by atoms with Crippen LogP contribution in [0, 0.1) is 0 Å². The zero-order valence-electron chi connectivity index (χ0n) is 19.8. The van der Waals surface area contributed by atoms with Gasteiger partial charge in [-0.15, -0.1) is 0 Å². The van der Waals surface area contributed by atoms with E-state index in [-0.39, 0.29) is 17.7 Å². The second kappa shape index (κ2) is 10.4. The highest BCUT2D eigenvalue weighted by molar-refractivity contribution is 5.96. The molecule has 2 amide bonds. The van der Waals surface area contributed by atoms with Crippen LogP contribution in [0.1, 0.15) is 42.9 Å². The molecule has 3 aromatic rings. The van der Waals surface area contributed by atoms with E-state index in [9.17, 15) is 9.59 Å². The van der Waals surface area contributed by atoms with Crippen molar-refractivity contribution in [3.05, 3.63) is 89.5 Å². The van der Waals surface area contributed by atoms with E-state index in [2.05, 4.69) is 5.32 Å². The molecule has 0 aromatic heterocycles. The summed E-state index contributed by atoms with van der Waals surface area (Å²) < 4.78 is 11.4.